The lowest BCUT2D eigenvalue weighted by Gasteiger charge is -2.24. The van der Waals surface area contributed by atoms with E-state index in [2.05, 4.69) is 6.58 Å². The highest BCUT2D eigenvalue weighted by Gasteiger charge is 2.13. The molecule has 0 radical (unpaired) electrons. The number of aliphatic carboxylic acids is 1. The monoisotopic (exact) mass is 185 g/mol. The molecule has 3 nitrogen and oxygen atoms in total. The second kappa shape index (κ2) is 5.75. The quantitative estimate of drug-likeness (QED) is 0.641. The van der Waals surface area contributed by atoms with Crippen LogP contribution in [0.5, 0.6) is 0 Å². The third-order valence-corrected chi connectivity index (χ3v) is 2.00. The minimum Gasteiger partial charge on any atom is -0.480 e. The molecule has 0 aliphatic rings. The molecule has 13 heavy (non-hydrogen) atoms. The van der Waals surface area contributed by atoms with Gasteiger partial charge in [0.15, 0.2) is 0 Å². The van der Waals surface area contributed by atoms with Gasteiger partial charge in [0.05, 0.1) is 6.54 Å². The van der Waals surface area contributed by atoms with Gasteiger partial charge in [-0.2, -0.15) is 0 Å². The number of hydrogen-bond donors (Lipinski definition) is 1. The van der Waals surface area contributed by atoms with Gasteiger partial charge in [0, 0.05) is 12.6 Å². The van der Waals surface area contributed by atoms with Crippen LogP contribution in [0.25, 0.3) is 0 Å². The Labute approximate surface area is 80.0 Å². The molecule has 0 aromatic carbocycles. The molecule has 3 heteroatoms. The molecule has 0 heterocycles. The van der Waals surface area contributed by atoms with E-state index in [1.807, 2.05) is 25.7 Å². The number of carboxylic acid groups (broad SMARTS) is 1. The first kappa shape index (κ1) is 12.2. The molecule has 0 saturated heterocycles. The van der Waals surface area contributed by atoms with Crippen LogP contribution in [0.15, 0.2) is 12.2 Å². The summed E-state index contributed by atoms with van der Waals surface area (Å²) in [4.78, 5) is 12.4. The molecular weight excluding hydrogens is 166 g/mol. The molecule has 0 aromatic heterocycles. The molecule has 0 spiro atoms. The van der Waals surface area contributed by atoms with E-state index in [-0.39, 0.29) is 12.6 Å². The number of rotatable bonds is 6. The summed E-state index contributed by atoms with van der Waals surface area (Å²) < 4.78 is 0. The molecule has 76 valence electrons. The molecule has 0 saturated carbocycles. The minimum absolute atomic E-state index is 0.0939. The van der Waals surface area contributed by atoms with Crippen LogP contribution in [-0.4, -0.2) is 35.1 Å². The van der Waals surface area contributed by atoms with Gasteiger partial charge >= 0.3 is 5.97 Å². The minimum atomic E-state index is -0.780. The Kier molecular flexibility index (Phi) is 5.39. The lowest BCUT2D eigenvalue weighted by Crippen LogP contribution is -2.36. The molecule has 1 N–H and O–H groups in total. The summed E-state index contributed by atoms with van der Waals surface area (Å²) in [5.74, 6) is -0.780. The van der Waals surface area contributed by atoms with Gasteiger partial charge in [-0.05, 0) is 20.3 Å². The zero-order valence-electron chi connectivity index (χ0n) is 8.71. The molecule has 0 unspecified atom stereocenters. The molecule has 0 aromatic rings. The van der Waals surface area contributed by atoms with E-state index in [1.54, 1.807) is 0 Å². The highest BCUT2D eigenvalue weighted by atomic mass is 16.4. The first-order chi connectivity index (χ1) is 5.97. The highest BCUT2D eigenvalue weighted by Crippen LogP contribution is 2.04. The van der Waals surface area contributed by atoms with Crippen molar-refractivity contribution in [2.75, 3.05) is 13.1 Å². The van der Waals surface area contributed by atoms with Crippen LogP contribution in [0, 0.1) is 0 Å². The average Bonchev–Trinajstić information content (AvgIpc) is 2.02. The van der Waals surface area contributed by atoms with Crippen LogP contribution in [0.1, 0.15) is 27.2 Å². The van der Waals surface area contributed by atoms with Gasteiger partial charge in [-0.1, -0.05) is 19.1 Å². The van der Waals surface area contributed by atoms with Crippen molar-refractivity contribution in [1.29, 1.82) is 0 Å². The second-order valence-electron chi connectivity index (χ2n) is 3.50. The molecule has 0 atom stereocenters. The van der Waals surface area contributed by atoms with Gasteiger partial charge in [0.1, 0.15) is 0 Å². The molecule has 0 amide bonds. The zero-order chi connectivity index (χ0) is 10.4. The fourth-order valence-corrected chi connectivity index (χ4v) is 0.994. The SMILES string of the molecule is C=C(CC)CN(CC(=O)O)C(C)C. The normalized spacial score (nSPS) is 10.8. The molecular formula is C10H19NO2. The second-order valence-corrected chi connectivity index (χ2v) is 3.50. The lowest BCUT2D eigenvalue weighted by atomic mass is 10.2. The van der Waals surface area contributed by atoms with E-state index < -0.39 is 5.97 Å². The van der Waals surface area contributed by atoms with E-state index in [0.29, 0.717) is 6.54 Å². The summed E-state index contributed by atoms with van der Waals surface area (Å²) >= 11 is 0. The van der Waals surface area contributed by atoms with Crippen molar-refractivity contribution in [3.05, 3.63) is 12.2 Å². The number of carboxylic acids is 1. The van der Waals surface area contributed by atoms with Crippen molar-refractivity contribution in [3.63, 3.8) is 0 Å². The summed E-state index contributed by atoms with van der Waals surface area (Å²) in [7, 11) is 0. The summed E-state index contributed by atoms with van der Waals surface area (Å²) in [6.45, 7) is 10.7. The van der Waals surface area contributed by atoms with Crippen LogP contribution in [0.2, 0.25) is 0 Å². The predicted molar refractivity (Wildman–Crippen MR) is 53.8 cm³/mol. The van der Waals surface area contributed by atoms with Crippen LogP contribution >= 0.6 is 0 Å². The molecule has 0 fully saturated rings. The first-order valence-electron chi connectivity index (χ1n) is 4.59. The van der Waals surface area contributed by atoms with Crippen molar-refractivity contribution in [3.8, 4) is 0 Å². The maximum atomic E-state index is 10.5. The van der Waals surface area contributed by atoms with Crippen molar-refractivity contribution in [2.24, 2.45) is 0 Å². The largest absolute Gasteiger partial charge is 0.480 e. The lowest BCUT2D eigenvalue weighted by molar-refractivity contribution is -0.138. The number of carbonyl (C=O) groups is 1. The third kappa shape index (κ3) is 5.42. The maximum Gasteiger partial charge on any atom is 0.317 e. The van der Waals surface area contributed by atoms with E-state index in [4.69, 9.17) is 5.11 Å². The third-order valence-electron chi connectivity index (χ3n) is 2.00. The standard InChI is InChI=1S/C10H19NO2/c1-5-9(4)6-11(8(2)3)7-10(12)13/h8H,4-7H2,1-3H3,(H,12,13). The topological polar surface area (TPSA) is 40.5 Å². The summed E-state index contributed by atoms with van der Waals surface area (Å²) in [6.07, 6.45) is 0.906. The van der Waals surface area contributed by atoms with Crippen LogP contribution < -0.4 is 0 Å². The van der Waals surface area contributed by atoms with Gasteiger partial charge in [-0.3, -0.25) is 9.69 Å². The number of hydrogen-bond acceptors (Lipinski definition) is 2. The predicted octanol–water partition coefficient (Wildman–Crippen LogP) is 1.75. The molecule has 0 bridgehead atoms. The summed E-state index contributed by atoms with van der Waals surface area (Å²) in [5, 5.41) is 8.65. The van der Waals surface area contributed by atoms with Crippen molar-refractivity contribution < 1.29 is 9.90 Å². The smallest absolute Gasteiger partial charge is 0.317 e. The van der Waals surface area contributed by atoms with Gasteiger partial charge in [-0.15, -0.1) is 0 Å². The van der Waals surface area contributed by atoms with E-state index in [0.717, 1.165) is 12.0 Å². The molecule has 0 rings (SSSR count). The Bertz CT molecular complexity index is 187. The maximum absolute atomic E-state index is 10.5. The Morgan fingerprint density at radius 3 is 2.31 bits per heavy atom. The van der Waals surface area contributed by atoms with Gasteiger partial charge in [0.25, 0.3) is 0 Å². The van der Waals surface area contributed by atoms with Crippen LogP contribution in [-0.2, 0) is 4.79 Å². The van der Waals surface area contributed by atoms with E-state index in [9.17, 15) is 4.79 Å². The van der Waals surface area contributed by atoms with Crippen LogP contribution in [0.4, 0.5) is 0 Å². The summed E-state index contributed by atoms with van der Waals surface area (Å²) in [6, 6.07) is 0.249. The Hall–Kier alpha value is -0.830. The van der Waals surface area contributed by atoms with Crippen LogP contribution in [0.3, 0.4) is 0 Å². The molecule has 0 aliphatic carbocycles. The van der Waals surface area contributed by atoms with Gasteiger partial charge in [-0.25, -0.2) is 0 Å². The Balaban J connectivity index is 4.09. The fourth-order valence-electron chi connectivity index (χ4n) is 0.994. The first-order valence-corrected chi connectivity index (χ1v) is 4.59. The van der Waals surface area contributed by atoms with E-state index in [1.165, 1.54) is 0 Å². The highest BCUT2D eigenvalue weighted by molar-refractivity contribution is 5.69. The zero-order valence-corrected chi connectivity index (χ0v) is 8.71. The van der Waals surface area contributed by atoms with E-state index >= 15 is 0 Å². The summed E-state index contributed by atoms with van der Waals surface area (Å²) in [5.41, 5.74) is 1.08. The van der Waals surface area contributed by atoms with Crippen molar-refractivity contribution >= 4 is 5.97 Å². The van der Waals surface area contributed by atoms with Crippen molar-refractivity contribution in [2.45, 2.75) is 33.2 Å². The fraction of sp³-hybridized carbons (Fsp3) is 0.700. The number of nitrogens with zero attached hydrogens (tertiary/aromatic N) is 1. The Morgan fingerprint density at radius 1 is 1.46 bits per heavy atom. The average molecular weight is 185 g/mol. The molecule has 0 aliphatic heterocycles. The Morgan fingerprint density at radius 2 is 2.00 bits per heavy atom. The van der Waals surface area contributed by atoms with Gasteiger partial charge < -0.3 is 5.11 Å². The van der Waals surface area contributed by atoms with Gasteiger partial charge in [0.2, 0.25) is 0 Å². The van der Waals surface area contributed by atoms with Crippen molar-refractivity contribution in [1.82, 2.24) is 4.90 Å².